The van der Waals surface area contributed by atoms with E-state index >= 15 is 0 Å². The maximum Gasteiger partial charge on any atom is 0.314 e. The molecule has 6 heteroatoms. The molecule has 1 aliphatic rings. The zero-order valence-electron chi connectivity index (χ0n) is 10.3. The Bertz CT molecular complexity index is 292. The predicted molar refractivity (Wildman–Crippen MR) is 68.3 cm³/mol. The second-order valence-corrected chi connectivity index (χ2v) is 5.93. The van der Waals surface area contributed by atoms with Crippen molar-refractivity contribution in [2.75, 3.05) is 19.3 Å². The number of hydrogen-bond donors (Lipinski definition) is 3. The van der Waals surface area contributed by atoms with Gasteiger partial charge in [0.1, 0.15) is 0 Å². The molecule has 17 heavy (non-hydrogen) atoms. The van der Waals surface area contributed by atoms with Gasteiger partial charge in [-0.05, 0) is 25.0 Å². The molecule has 0 radical (unpaired) electrons. The number of nitrogens with one attached hydrogen (secondary N) is 2. The van der Waals surface area contributed by atoms with Crippen LogP contribution in [0, 0.1) is 5.92 Å². The Morgan fingerprint density at radius 1 is 1.41 bits per heavy atom. The smallest absolute Gasteiger partial charge is 0.314 e. The zero-order chi connectivity index (χ0) is 12.9. The van der Waals surface area contributed by atoms with E-state index in [9.17, 15) is 9.59 Å². The third-order valence-corrected chi connectivity index (χ3v) is 4.36. The van der Waals surface area contributed by atoms with Crippen LogP contribution in [-0.2, 0) is 4.79 Å². The Kier molecular flexibility index (Phi) is 5.11. The maximum absolute atomic E-state index is 11.4. The molecule has 1 atom stereocenters. The highest BCUT2D eigenvalue weighted by molar-refractivity contribution is 8.00. The van der Waals surface area contributed by atoms with Crippen molar-refractivity contribution in [1.82, 2.24) is 10.6 Å². The van der Waals surface area contributed by atoms with E-state index in [1.54, 1.807) is 18.7 Å². The number of carboxylic acid groups (broad SMARTS) is 1. The Balaban J connectivity index is 2.11. The molecule has 1 fully saturated rings. The molecule has 0 heterocycles. The third-order valence-electron chi connectivity index (χ3n) is 2.95. The number of amides is 2. The zero-order valence-corrected chi connectivity index (χ0v) is 11.1. The molecule has 1 aliphatic carbocycles. The van der Waals surface area contributed by atoms with Crippen molar-refractivity contribution in [2.24, 2.45) is 5.92 Å². The highest BCUT2D eigenvalue weighted by Gasteiger charge is 2.41. The van der Waals surface area contributed by atoms with Gasteiger partial charge in [-0.1, -0.05) is 6.92 Å². The summed E-state index contributed by atoms with van der Waals surface area (Å²) in [5, 5.41) is 14.1. The molecule has 3 N–H and O–H groups in total. The number of carbonyl (C=O) groups is 2. The molecule has 1 rings (SSSR count). The minimum atomic E-state index is -0.834. The number of rotatable bonds is 7. The van der Waals surface area contributed by atoms with Crippen LogP contribution in [0.25, 0.3) is 0 Å². The summed E-state index contributed by atoms with van der Waals surface area (Å²) in [7, 11) is 0. The number of hydrogen-bond acceptors (Lipinski definition) is 3. The number of thioether (sulfide) groups is 1. The number of carbonyl (C=O) groups excluding carboxylic acids is 1. The quantitative estimate of drug-likeness (QED) is 0.644. The van der Waals surface area contributed by atoms with Crippen LogP contribution in [0.3, 0.4) is 0 Å². The lowest BCUT2D eigenvalue weighted by Gasteiger charge is -2.15. The maximum atomic E-state index is 11.4. The normalized spacial score (nSPS) is 18.2. The van der Waals surface area contributed by atoms with Gasteiger partial charge in [0.05, 0.1) is 0 Å². The molecule has 98 valence electrons. The summed E-state index contributed by atoms with van der Waals surface area (Å²) in [6.45, 7) is 2.89. The first-order valence-electron chi connectivity index (χ1n) is 5.76. The highest BCUT2D eigenvalue weighted by atomic mass is 32.2. The molecule has 1 unspecified atom stereocenters. The lowest BCUT2D eigenvalue weighted by atomic mass is 10.1. The summed E-state index contributed by atoms with van der Waals surface area (Å²) in [5.74, 6) is -0.882. The molecule has 0 aromatic carbocycles. The van der Waals surface area contributed by atoms with Crippen molar-refractivity contribution in [3.63, 3.8) is 0 Å². The monoisotopic (exact) mass is 260 g/mol. The largest absolute Gasteiger partial charge is 0.481 e. The molecule has 0 aliphatic heterocycles. The molecular formula is C11H20N2O3S. The average Bonchev–Trinajstić information content (AvgIpc) is 3.03. The molecular weight excluding hydrogens is 240 g/mol. The predicted octanol–water partition coefficient (Wildman–Crippen LogP) is 1.29. The van der Waals surface area contributed by atoms with Crippen molar-refractivity contribution >= 4 is 23.8 Å². The minimum Gasteiger partial charge on any atom is -0.481 e. The van der Waals surface area contributed by atoms with E-state index in [1.165, 1.54) is 0 Å². The molecule has 0 spiro atoms. The second kappa shape index (κ2) is 6.14. The summed E-state index contributed by atoms with van der Waals surface area (Å²) >= 11 is 1.79. The van der Waals surface area contributed by atoms with Gasteiger partial charge in [0.2, 0.25) is 0 Å². The number of urea groups is 1. The molecule has 0 saturated heterocycles. The standard InChI is InChI=1S/C11H20N2O3S/c1-8(5-9(14)15)6-12-10(16)13-7-11(17-2)3-4-11/h8H,3-7H2,1-2H3,(H,14,15)(H2,12,13,16). The molecule has 2 amide bonds. The van der Waals surface area contributed by atoms with Crippen molar-refractivity contribution in [1.29, 1.82) is 0 Å². The van der Waals surface area contributed by atoms with E-state index in [4.69, 9.17) is 5.11 Å². The first kappa shape index (κ1) is 14.2. The average molecular weight is 260 g/mol. The van der Waals surface area contributed by atoms with Gasteiger partial charge in [-0.25, -0.2) is 4.79 Å². The van der Waals surface area contributed by atoms with Crippen LogP contribution in [0.2, 0.25) is 0 Å². The first-order chi connectivity index (χ1) is 7.97. The van der Waals surface area contributed by atoms with E-state index in [0.717, 1.165) is 12.8 Å². The minimum absolute atomic E-state index is 0.0475. The summed E-state index contributed by atoms with van der Waals surface area (Å²) < 4.78 is 0.254. The van der Waals surface area contributed by atoms with Gasteiger partial charge in [-0.2, -0.15) is 11.8 Å². The van der Waals surface area contributed by atoms with E-state index in [-0.39, 0.29) is 23.1 Å². The molecule has 5 nitrogen and oxygen atoms in total. The third kappa shape index (κ3) is 5.30. The number of aliphatic carboxylic acids is 1. The van der Waals surface area contributed by atoms with Crippen molar-refractivity contribution in [3.8, 4) is 0 Å². The van der Waals surface area contributed by atoms with Gasteiger partial charge in [0.25, 0.3) is 0 Å². The topological polar surface area (TPSA) is 78.4 Å². The summed E-state index contributed by atoms with van der Waals surface area (Å²) in [4.78, 5) is 21.9. The van der Waals surface area contributed by atoms with E-state index in [1.807, 2.05) is 0 Å². The lowest BCUT2D eigenvalue weighted by Crippen LogP contribution is -2.41. The Labute approximate surface area is 106 Å². The van der Waals surface area contributed by atoms with Crippen LogP contribution in [-0.4, -0.2) is 41.2 Å². The molecule has 0 aromatic rings. The van der Waals surface area contributed by atoms with Crippen LogP contribution in [0.15, 0.2) is 0 Å². The van der Waals surface area contributed by atoms with E-state index in [0.29, 0.717) is 13.1 Å². The Morgan fingerprint density at radius 3 is 2.53 bits per heavy atom. The van der Waals surface area contributed by atoms with Crippen molar-refractivity contribution in [3.05, 3.63) is 0 Å². The Morgan fingerprint density at radius 2 is 2.06 bits per heavy atom. The first-order valence-corrected chi connectivity index (χ1v) is 6.98. The fourth-order valence-electron chi connectivity index (χ4n) is 1.53. The second-order valence-electron chi connectivity index (χ2n) is 4.65. The van der Waals surface area contributed by atoms with Gasteiger partial charge in [-0.3, -0.25) is 4.79 Å². The fraction of sp³-hybridized carbons (Fsp3) is 0.818. The van der Waals surface area contributed by atoms with Gasteiger partial charge in [0, 0.05) is 24.3 Å². The van der Waals surface area contributed by atoms with Crippen LogP contribution in [0.4, 0.5) is 4.79 Å². The van der Waals surface area contributed by atoms with Gasteiger partial charge >= 0.3 is 12.0 Å². The van der Waals surface area contributed by atoms with E-state index in [2.05, 4.69) is 16.9 Å². The van der Waals surface area contributed by atoms with Crippen LogP contribution in [0.1, 0.15) is 26.2 Å². The van der Waals surface area contributed by atoms with Crippen LogP contribution >= 0.6 is 11.8 Å². The lowest BCUT2D eigenvalue weighted by molar-refractivity contribution is -0.137. The van der Waals surface area contributed by atoms with Crippen molar-refractivity contribution in [2.45, 2.75) is 30.9 Å². The van der Waals surface area contributed by atoms with E-state index < -0.39 is 5.97 Å². The fourth-order valence-corrected chi connectivity index (χ4v) is 2.26. The number of carboxylic acids is 1. The van der Waals surface area contributed by atoms with Crippen LogP contribution < -0.4 is 10.6 Å². The molecule has 0 bridgehead atoms. The highest BCUT2D eigenvalue weighted by Crippen LogP contribution is 2.46. The molecule has 1 saturated carbocycles. The van der Waals surface area contributed by atoms with Gasteiger partial charge < -0.3 is 15.7 Å². The summed E-state index contributed by atoms with van der Waals surface area (Å²) in [6.07, 6.45) is 4.45. The summed E-state index contributed by atoms with van der Waals surface area (Å²) in [6, 6.07) is -0.206. The SMILES string of the molecule is CSC1(CNC(=O)NCC(C)CC(=O)O)CC1. The molecule has 0 aromatic heterocycles. The van der Waals surface area contributed by atoms with Gasteiger partial charge in [0.15, 0.2) is 0 Å². The van der Waals surface area contributed by atoms with Gasteiger partial charge in [-0.15, -0.1) is 0 Å². The van der Waals surface area contributed by atoms with Crippen LogP contribution in [0.5, 0.6) is 0 Å². The Hall–Kier alpha value is -0.910. The summed E-state index contributed by atoms with van der Waals surface area (Å²) in [5.41, 5.74) is 0. The van der Waals surface area contributed by atoms with Crippen molar-refractivity contribution < 1.29 is 14.7 Å².